The minimum atomic E-state index is -0.705. The van der Waals surface area contributed by atoms with E-state index in [2.05, 4.69) is 6.92 Å². The molecule has 2 fully saturated rings. The van der Waals surface area contributed by atoms with Crippen LogP contribution in [-0.2, 0) is 25.5 Å². The van der Waals surface area contributed by atoms with Gasteiger partial charge in [0.05, 0.1) is 24.7 Å². The third-order valence-electron chi connectivity index (χ3n) is 5.39. The summed E-state index contributed by atoms with van der Waals surface area (Å²) in [6.07, 6.45) is 4.15. The Morgan fingerprint density at radius 1 is 1.40 bits per heavy atom. The van der Waals surface area contributed by atoms with Gasteiger partial charge >= 0.3 is 5.97 Å². The van der Waals surface area contributed by atoms with E-state index in [0.717, 1.165) is 17.7 Å². The fourth-order valence-corrected chi connectivity index (χ4v) is 4.36. The number of ether oxygens (including phenoxy) is 2. The van der Waals surface area contributed by atoms with E-state index in [0.29, 0.717) is 6.54 Å². The molecule has 2 bridgehead atoms. The first-order valence-corrected chi connectivity index (χ1v) is 8.94. The summed E-state index contributed by atoms with van der Waals surface area (Å²) < 4.78 is 11.5. The zero-order valence-electron chi connectivity index (χ0n) is 14.8. The van der Waals surface area contributed by atoms with Gasteiger partial charge in [0.2, 0.25) is 5.91 Å². The van der Waals surface area contributed by atoms with Crippen molar-refractivity contribution in [1.82, 2.24) is 0 Å². The molecule has 4 rings (SSSR count). The molecular formula is C20H23NO4. The molecule has 132 valence electrons. The molecule has 0 unspecified atom stereocenters. The molecule has 0 aromatic heterocycles. The molecule has 3 aliphatic heterocycles. The summed E-state index contributed by atoms with van der Waals surface area (Å²) in [6, 6.07) is 7.91. The number of hydrogen-bond acceptors (Lipinski definition) is 4. The first-order valence-electron chi connectivity index (χ1n) is 8.94. The summed E-state index contributed by atoms with van der Waals surface area (Å²) in [6.45, 7) is 6.16. The number of esters is 1. The van der Waals surface area contributed by atoms with Gasteiger partial charge in [0.15, 0.2) is 0 Å². The van der Waals surface area contributed by atoms with Crippen molar-refractivity contribution >= 4 is 17.6 Å². The van der Waals surface area contributed by atoms with Gasteiger partial charge in [0.25, 0.3) is 0 Å². The van der Waals surface area contributed by atoms with Crippen LogP contribution in [0, 0.1) is 11.8 Å². The van der Waals surface area contributed by atoms with Crippen LogP contribution in [-0.4, -0.2) is 36.2 Å². The zero-order valence-corrected chi connectivity index (χ0v) is 14.8. The van der Waals surface area contributed by atoms with E-state index in [-0.39, 0.29) is 24.1 Å². The molecule has 0 radical (unpaired) electrons. The predicted octanol–water partition coefficient (Wildman–Crippen LogP) is 2.49. The molecule has 5 heteroatoms. The lowest BCUT2D eigenvalue weighted by molar-refractivity contribution is -0.156. The van der Waals surface area contributed by atoms with Crippen LogP contribution in [0.3, 0.4) is 0 Å². The molecule has 1 amide bonds. The number of aryl methyl sites for hydroxylation is 1. The van der Waals surface area contributed by atoms with E-state index >= 15 is 0 Å². The molecular weight excluding hydrogens is 318 g/mol. The maximum absolute atomic E-state index is 13.2. The van der Waals surface area contributed by atoms with Crippen molar-refractivity contribution in [1.29, 1.82) is 0 Å². The summed E-state index contributed by atoms with van der Waals surface area (Å²) in [7, 11) is 0. The van der Waals surface area contributed by atoms with Crippen LogP contribution in [0.2, 0.25) is 0 Å². The maximum atomic E-state index is 13.2. The average Bonchev–Trinajstić information content (AvgIpc) is 3.22. The highest BCUT2D eigenvalue weighted by atomic mass is 16.6. The van der Waals surface area contributed by atoms with Gasteiger partial charge in [0.1, 0.15) is 11.5 Å². The second-order valence-electron chi connectivity index (χ2n) is 7.29. The van der Waals surface area contributed by atoms with Gasteiger partial charge in [-0.3, -0.25) is 9.59 Å². The molecule has 1 aromatic rings. The van der Waals surface area contributed by atoms with Gasteiger partial charge in [-0.05, 0) is 31.9 Å². The fourth-order valence-electron chi connectivity index (χ4n) is 4.36. The minimum Gasteiger partial charge on any atom is -0.463 e. The maximum Gasteiger partial charge on any atom is 0.313 e. The van der Waals surface area contributed by atoms with Gasteiger partial charge in [-0.15, -0.1) is 0 Å². The van der Waals surface area contributed by atoms with Gasteiger partial charge in [-0.1, -0.05) is 37.3 Å². The standard InChI is InChI=1S/C20H23NO4/c1-4-13-7-5-6-8-14(13)21-11-20-10-9-15(25-20)16(17(20)18(21)22)19(23)24-12(2)3/h5-10,12,15-17H,4,11H2,1-3H3/t15-,16+,17-,20+/m1/s1. The molecule has 3 heterocycles. The van der Waals surface area contributed by atoms with E-state index in [4.69, 9.17) is 9.47 Å². The van der Waals surface area contributed by atoms with Crippen molar-refractivity contribution in [3.63, 3.8) is 0 Å². The van der Waals surface area contributed by atoms with E-state index in [1.807, 2.05) is 50.3 Å². The van der Waals surface area contributed by atoms with Crippen molar-refractivity contribution in [2.24, 2.45) is 11.8 Å². The predicted molar refractivity (Wildman–Crippen MR) is 93.1 cm³/mol. The molecule has 1 spiro atoms. The summed E-state index contributed by atoms with van der Waals surface area (Å²) in [5.74, 6) is -1.44. The monoisotopic (exact) mass is 341 g/mol. The summed E-state index contributed by atoms with van der Waals surface area (Å²) >= 11 is 0. The molecule has 0 saturated carbocycles. The van der Waals surface area contributed by atoms with E-state index < -0.39 is 17.4 Å². The number of rotatable bonds is 4. The highest BCUT2D eigenvalue weighted by Gasteiger charge is 2.67. The Balaban J connectivity index is 1.69. The van der Waals surface area contributed by atoms with Crippen molar-refractivity contribution in [2.45, 2.75) is 45.0 Å². The lowest BCUT2D eigenvalue weighted by Crippen LogP contribution is -2.40. The van der Waals surface area contributed by atoms with Crippen molar-refractivity contribution in [2.75, 3.05) is 11.4 Å². The fraction of sp³-hybridized carbons (Fsp3) is 0.500. The van der Waals surface area contributed by atoms with Crippen molar-refractivity contribution in [3.8, 4) is 0 Å². The Kier molecular flexibility index (Phi) is 3.72. The quantitative estimate of drug-likeness (QED) is 0.624. The second-order valence-corrected chi connectivity index (χ2v) is 7.29. The van der Waals surface area contributed by atoms with Gasteiger partial charge in [-0.2, -0.15) is 0 Å². The lowest BCUT2D eigenvalue weighted by Gasteiger charge is -2.24. The van der Waals surface area contributed by atoms with Crippen LogP contribution < -0.4 is 4.90 Å². The summed E-state index contributed by atoms with van der Waals surface area (Å²) in [5, 5.41) is 0. The lowest BCUT2D eigenvalue weighted by atomic mass is 9.77. The van der Waals surface area contributed by atoms with Crippen LogP contribution in [0.1, 0.15) is 26.3 Å². The van der Waals surface area contributed by atoms with Gasteiger partial charge in [-0.25, -0.2) is 0 Å². The number of para-hydroxylation sites is 1. The van der Waals surface area contributed by atoms with E-state index in [1.54, 1.807) is 4.90 Å². The Bertz CT molecular complexity index is 756. The minimum absolute atomic E-state index is 0.0431. The number of benzene rings is 1. The number of anilines is 1. The highest BCUT2D eigenvalue weighted by molar-refractivity contribution is 6.03. The topological polar surface area (TPSA) is 55.8 Å². The molecule has 5 nitrogen and oxygen atoms in total. The van der Waals surface area contributed by atoms with Crippen molar-refractivity contribution in [3.05, 3.63) is 42.0 Å². The SMILES string of the molecule is CCc1ccccc1N1C[C@]23C=C[C@@H](O2)[C@H](C(=O)OC(C)C)[C@@H]3C1=O. The van der Waals surface area contributed by atoms with E-state index in [9.17, 15) is 9.59 Å². The van der Waals surface area contributed by atoms with Gasteiger partial charge < -0.3 is 14.4 Å². The van der Waals surface area contributed by atoms with Gasteiger partial charge in [0, 0.05) is 5.69 Å². The smallest absolute Gasteiger partial charge is 0.313 e. The highest BCUT2D eigenvalue weighted by Crippen LogP contribution is 2.53. The number of carbonyl (C=O) groups is 2. The van der Waals surface area contributed by atoms with E-state index in [1.165, 1.54) is 0 Å². The molecule has 25 heavy (non-hydrogen) atoms. The first kappa shape index (κ1) is 16.3. The van der Waals surface area contributed by atoms with Crippen LogP contribution in [0.4, 0.5) is 5.69 Å². The summed E-state index contributed by atoms with van der Waals surface area (Å²) in [4.78, 5) is 27.6. The number of amides is 1. The van der Waals surface area contributed by atoms with Crippen molar-refractivity contribution < 1.29 is 19.1 Å². The van der Waals surface area contributed by atoms with Crippen LogP contribution in [0.5, 0.6) is 0 Å². The first-order chi connectivity index (χ1) is 12.0. The molecule has 2 saturated heterocycles. The zero-order chi connectivity index (χ0) is 17.8. The average molecular weight is 341 g/mol. The summed E-state index contributed by atoms with van der Waals surface area (Å²) in [5.41, 5.74) is 1.32. The van der Waals surface area contributed by atoms with Crippen LogP contribution in [0.15, 0.2) is 36.4 Å². The number of nitrogens with zero attached hydrogens (tertiary/aromatic N) is 1. The number of carbonyl (C=O) groups excluding carboxylic acids is 2. The third kappa shape index (κ3) is 2.33. The Labute approximate surface area is 147 Å². The second kappa shape index (κ2) is 5.70. The Hall–Kier alpha value is -2.14. The molecule has 1 aromatic carbocycles. The van der Waals surface area contributed by atoms with Crippen LogP contribution >= 0.6 is 0 Å². The molecule has 4 atom stereocenters. The Morgan fingerprint density at radius 3 is 2.88 bits per heavy atom. The Morgan fingerprint density at radius 2 is 2.16 bits per heavy atom. The normalized spacial score (nSPS) is 32.6. The largest absolute Gasteiger partial charge is 0.463 e. The number of hydrogen-bond donors (Lipinski definition) is 0. The third-order valence-corrected chi connectivity index (χ3v) is 5.39. The van der Waals surface area contributed by atoms with Crippen LogP contribution in [0.25, 0.3) is 0 Å². The molecule has 3 aliphatic rings. The molecule has 0 N–H and O–H groups in total. The number of fused-ring (bicyclic) bond motifs is 1. The molecule has 0 aliphatic carbocycles.